The van der Waals surface area contributed by atoms with Crippen LogP contribution in [0.5, 0.6) is 0 Å². The molecule has 2 N–H and O–H groups in total. The average molecular weight is 219 g/mol. The van der Waals surface area contributed by atoms with Gasteiger partial charge in [0.25, 0.3) is 0 Å². The van der Waals surface area contributed by atoms with E-state index in [1.54, 1.807) is 0 Å². The molecule has 1 atom stereocenters. The number of aryl methyl sites for hydroxylation is 1. The number of fused-ring (bicyclic) bond motifs is 1. The molecule has 0 aliphatic heterocycles. The van der Waals surface area contributed by atoms with E-state index < -0.39 is 5.97 Å². The molecule has 1 aromatic rings. The monoisotopic (exact) mass is 219 g/mol. The summed E-state index contributed by atoms with van der Waals surface area (Å²) in [7, 11) is 0. The van der Waals surface area contributed by atoms with Crippen molar-refractivity contribution >= 4 is 5.97 Å². The lowest BCUT2D eigenvalue weighted by Crippen LogP contribution is -2.35. The Bertz CT molecular complexity index is 376. The van der Waals surface area contributed by atoms with Gasteiger partial charge in [-0.2, -0.15) is 0 Å². The number of carboxylic acid groups (broad SMARTS) is 1. The topological polar surface area (TPSA) is 49.3 Å². The van der Waals surface area contributed by atoms with Crippen LogP contribution in [0.2, 0.25) is 0 Å². The maximum atomic E-state index is 10.4. The van der Waals surface area contributed by atoms with Crippen LogP contribution in [0, 0.1) is 0 Å². The molecule has 0 amide bonds. The van der Waals surface area contributed by atoms with E-state index in [-0.39, 0.29) is 6.42 Å². The number of benzene rings is 1. The van der Waals surface area contributed by atoms with Crippen molar-refractivity contribution in [3.05, 3.63) is 35.4 Å². The Hall–Kier alpha value is -1.35. The van der Waals surface area contributed by atoms with Crippen molar-refractivity contribution in [1.82, 2.24) is 5.32 Å². The van der Waals surface area contributed by atoms with Gasteiger partial charge in [0.15, 0.2) is 0 Å². The highest BCUT2D eigenvalue weighted by Crippen LogP contribution is 2.20. The molecule has 3 heteroatoms. The third-order valence-corrected chi connectivity index (χ3v) is 3.12. The maximum absolute atomic E-state index is 10.4. The second-order valence-electron chi connectivity index (χ2n) is 4.31. The van der Waals surface area contributed by atoms with Crippen molar-refractivity contribution in [3.8, 4) is 0 Å². The minimum atomic E-state index is -0.733. The zero-order valence-electron chi connectivity index (χ0n) is 9.28. The van der Waals surface area contributed by atoms with E-state index in [1.165, 1.54) is 11.1 Å². The van der Waals surface area contributed by atoms with Crippen LogP contribution in [0.3, 0.4) is 0 Å². The molecule has 1 unspecified atom stereocenters. The number of aliphatic carboxylic acids is 1. The highest BCUT2D eigenvalue weighted by molar-refractivity contribution is 5.66. The molecule has 0 aromatic heterocycles. The van der Waals surface area contributed by atoms with Crippen molar-refractivity contribution < 1.29 is 9.90 Å². The minimum Gasteiger partial charge on any atom is -0.481 e. The third kappa shape index (κ3) is 2.83. The molecule has 3 nitrogen and oxygen atoms in total. The summed E-state index contributed by atoms with van der Waals surface area (Å²) in [4.78, 5) is 10.4. The van der Waals surface area contributed by atoms with E-state index >= 15 is 0 Å². The molecule has 2 rings (SSSR count). The van der Waals surface area contributed by atoms with Crippen LogP contribution < -0.4 is 5.32 Å². The van der Waals surface area contributed by atoms with Crippen LogP contribution in [-0.4, -0.2) is 23.7 Å². The number of rotatable bonds is 4. The standard InChI is InChI=1S/C13H17NO2/c15-13(16)7-8-14-12-6-5-10-3-1-2-4-11(10)9-12/h1-4,12,14H,5-9H2,(H,15,16). The number of nitrogens with one attached hydrogen (secondary N) is 1. The molecule has 1 aromatic carbocycles. The lowest BCUT2D eigenvalue weighted by atomic mass is 9.88. The quantitative estimate of drug-likeness (QED) is 0.808. The predicted molar refractivity (Wildman–Crippen MR) is 62.5 cm³/mol. The Kier molecular flexibility index (Phi) is 3.57. The molecule has 0 saturated carbocycles. The lowest BCUT2D eigenvalue weighted by molar-refractivity contribution is -0.136. The summed E-state index contributed by atoms with van der Waals surface area (Å²) in [5, 5.41) is 11.9. The number of carboxylic acids is 1. The molecule has 0 radical (unpaired) electrons. The van der Waals surface area contributed by atoms with Gasteiger partial charge in [-0.3, -0.25) is 4.79 Å². The first-order valence-electron chi connectivity index (χ1n) is 5.77. The highest BCUT2D eigenvalue weighted by Gasteiger charge is 2.17. The van der Waals surface area contributed by atoms with E-state index in [4.69, 9.17) is 5.11 Å². The molecule has 0 saturated heterocycles. The Morgan fingerprint density at radius 1 is 1.38 bits per heavy atom. The average Bonchev–Trinajstić information content (AvgIpc) is 2.28. The molecule has 1 aliphatic carbocycles. The van der Waals surface area contributed by atoms with Crippen LogP contribution in [0.25, 0.3) is 0 Å². The van der Waals surface area contributed by atoms with Gasteiger partial charge >= 0.3 is 5.97 Å². The zero-order chi connectivity index (χ0) is 11.4. The van der Waals surface area contributed by atoms with Gasteiger partial charge in [-0.15, -0.1) is 0 Å². The summed E-state index contributed by atoms with van der Waals surface area (Å²) in [6.07, 6.45) is 3.44. The first-order valence-corrected chi connectivity index (χ1v) is 5.77. The van der Waals surface area contributed by atoms with E-state index in [2.05, 4.69) is 29.6 Å². The van der Waals surface area contributed by atoms with E-state index in [9.17, 15) is 4.79 Å². The van der Waals surface area contributed by atoms with Crippen molar-refractivity contribution in [1.29, 1.82) is 0 Å². The molecule has 86 valence electrons. The van der Waals surface area contributed by atoms with Crippen LogP contribution in [0.1, 0.15) is 24.0 Å². The van der Waals surface area contributed by atoms with Crippen molar-refractivity contribution in [2.24, 2.45) is 0 Å². The molecular weight excluding hydrogens is 202 g/mol. The fraction of sp³-hybridized carbons (Fsp3) is 0.462. The molecule has 0 spiro atoms. The zero-order valence-corrected chi connectivity index (χ0v) is 9.28. The van der Waals surface area contributed by atoms with Gasteiger partial charge in [0.05, 0.1) is 6.42 Å². The lowest BCUT2D eigenvalue weighted by Gasteiger charge is -2.25. The van der Waals surface area contributed by atoms with Gasteiger partial charge in [-0.05, 0) is 30.4 Å². The van der Waals surface area contributed by atoms with E-state index in [0.29, 0.717) is 12.6 Å². The Morgan fingerprint density at radius 2 is 2.12 bits per heavy atom. The molecule has 0 bridgehead atoms. The molecule has 1 aliphatic rings. The number of hydrogen-bond acceptors (Lipinski definition) is 2. The van der Waals surface area contributed by atoms with Gasteiger partial charge in [-0.25, -0.2) is 0 Å². The van der Waals surface area contributed by atoms with Crippen LogP contribution in [0.4, 0.5) is 0 Å². The molecule has 0 heterocycles. The summed E-state index contributed by atoms with van der Waals surface area (Å²) in [5.41, 5.74) is 2.85. The summed E-state index contributed by atoms with van der Waals surface area (Å²) in [5.74, 6) is -0.733. The molecule has 16 heavy (non-hydrogen) atoms. The Morgan fingerprint density at radius 3 is 2.88 bits per heavy atom. The van der Waals surface area contributed by atoms with Gasteiger partial charge in [-0.1, -0.05) is 24.3 Å². The Balaban J connectivity index is 1.86. The SMILES string of the molecule is O=C(O)CCNC1CCc2ccccc2C1. The van der Waals surface area contributed by atoms with Crippen LogP contribution in [-0.2, 0) is 17.6 Å². The summed E-state index contributed by atoms with van der Waals surface area (Å²) in [6, 6.07) is 8.94. The van der Waals surface area contributed by atoms with Gasteiger partial charge in [0.2, 0.25) is 0 Å². The summed E-state index contributed by atoms with van der Waals surface area (Å²) >= 11 is 0. The fourth-order valence-electron chi connectivity index (χ4n) is 2.26. The van der Waals surface area contributed by atoms with Gasteiger partial charge in [0, 0.05) is 12.6 Å². The maximum Gasteiger partial charge on any atom is 0.304 e. The first kappa shape index (κ1) is 11.1. The minimum absolute atomic E-state index is 0.206. The van der Waals surface area contributed by atoms with Gasteiger partial charge < -0.3 is 10.4 Å². The van der Waals surface area contributed by atoms with Gasteiger partial charge in [0.1, 0.15) is 0 Å². The van der Waals surface area contributed by atoms with Crippen molar-refractivity contribution in [3.63, 3.8) is 0 Å². The van der Waals surface area contributed by atoms with Crippen LogP contribution in [0.15, 0.2) is 24.3 Å². The van der Waals surface area contributed by atoms with E-state index in [1.807, 2.05) is 0 Å². The first-order chi connectivity index (χ1) is 7.75. The summed E-state index contributed by atoms with van der Waals surface area (Å²) in [6.45, 7) is 0.572. The third-order valence-electron chi connectivity index (χ3n) is 3.12. The van der Waals surface area contributed by atoms with Crippen LogP contribution >= 0.6 is 0 Å². The predicted octanol–water partition coefficient (Wildman–Crippen LogP) is 1.61. The normalized spacial score (nSPS) is 19.1. The smallest absolute Gasteiger partial charge is 0.304 e. The van der Waals surface area contributed by atoms with Crippen molar-refractivity contribution in [2.75, 3.05) is 6.54 Å². The van der Waals surface area contributed by atoms with E-state index in [0.717, 1.165) is 19.3 Å². The Labute approximate surface area is 95.5 Å². The number of hydrogen-bond donors (Lipinski definition) is 2. The second kappa shape index (κ2) is 5.12. The largest absolute Gasteiger partial charge is 0.481 e. The fourth-order valence-corrected chi connectivity index (χ4v) is 2.26. The van der Waals surface area contributed by atoms with Crippen molar-refractivity contribution in [2.45, 2.75) is 31.7 Å². The molecule has 0 fully saturated rings. The highest BCUT2D eigenvalue weighted by atomic mass is 16.4. The second-order valence-corrected chi connectivity index (χ2v) is 4.31. The summed E-state index contributed by atoms with van der Waals surface area (Å²) < 4.78 is 0. The number of carbonyl (C=O) groups is 1. The molecular formula is C13H17NO2.